The van der Waals surface area contributed by atoms with E-state index >= 15 is 0 Å². The largest absolute Gasteiger partial charge is 0.480 e. The number of nitrogens with zero attached hydrogens (tertiary/aromatic N) is 2. The van der Waals surface area contributed by atoms with Crippen molar-refractivity contribution in [3.05, 3.63) is 23.9 Å². The molecule has 7 heteroatoms. The number of hydrogen-bond donors (Lipinski definition) is 2. The number of hydrogen-bond acceptors (Lipinski definition) is 5. The minimum absolute atomic E-state index is 0.0721. The van der Waals surface area contributed by atoms with Gasteiger partial charge in [-0.15, -0.1) is 0 Å². The minimum Gasteiger partial charge on any atom is -0.480 e. The van der Waals surface area contributed by atoms with E-state index in [1.54, 1.807) is 18.3 Å². The van der Waals surface area contributed by atoms with Crippen LogP contribution in [0.1, 0.15) is 36.0 Å². The number of amides is 1. The quantitative estimate of drug-likeness (QED) is 0.741. The highest BCUT2D eigenvalue weighted by atomic mass is 16.5. The van der Waals surface area contributed by atoms with Gasteiger partial charge in [-0.3, -0.25) is 14.5 Å². The Bertz CT molecular complexity index is 612. The third-order valence-corrected chi connectivity index (χ3v) is 4.70. The number of rotatable bonds is 8. The molecule has 130 valence electrons. The second-order valence-corrected chi connectivity index (χ2v) is 6.62. The van der Waals surface area contributed by atoms with E-state index in [0.29, 0.717) is 17.4 Å². The van der Waals surface area contributed by atoms with E-state index in [9.17, 15) is 9.59 Å². The normalized spacial score (nSPS) is 22.8. The molecule has 2 fully saturated rings. The first-order valence-corrected chi connectivity index (χ1v) is 8.32. The van der Waals surface area contributed by atoms with E-state index in [-0.39, 0.29) is 24.5 Å². The van der Waals surface area contributed by atoms with Crippen molar-refractivity contribution in [2.45, 2.75) is 37.8 Å². The topological polar surface area (TPSA) is 91.8 Å². The number of ether oxygens (including phenoxy) is 1. The van der Waals surface area contributed by atoms with Crippen molar-refractivity contribution in [3.8, 4) is 5.88 Å². The van der Waals surface area contributed by atoms with Crippen LogP contribution >= 0.6 is 0 Å². The summed E-state index contributed by atoms with van der Waals surface area (Å²) in [5, 5.41) is 12.1. The average molecular weight is 333 g/mol. The van der Waals surface area contributed by atoms with Crippen molar-refractivity contribution in [3.63, 3.8) is 0 Å². The molecule has 0 aromatic carbocycles. The molecule has 1 heterocycles. The highest BCUT2D eigenvalue weighted by Gasteiger charge is 2.38. The lowest BCUT2D eigenvalue weighted by Crippen LogP contribution is -2.55. The van der Waals surface area contributed by atoms with E-state index in [1.807, 2.05) is 4.90 Å². The number of aromatic nitrogens is 1. The fraction of sp³-hybridized carbons (Fsp3) is 0.588. The van der Waals surface area contributed by atoms with Crippen LogP contribution in [0.3, 0.4) is 0 Å². The molecule has 0 spiro atoms. The van der Waals surface area contributed by atoms with Crippen LogP contribution in [0.4, 0.5) is 0 Å². The van der Waals surface area contributed by atoms with Crippen LogP contribution < -0.4 is 10.1 Å². The number of nitrogens with one attached hydrogen (secondary N) is 1. The first-order valence-electron chi connectivity index (χ1n) is 8.32. The van der Waals surface area contributed by atoms with Crippen molar-refractivity contribution < 1.29 is 19.4 Å². The molecule has 1 aromatic rings. The Morgan fingerprint density at radius 2 is 2.17 bits per heavy atom. The zero-order chi connectivity index (χ0) is 17.1. The lowest BCUT2D eigenvalue weighted by Gasteiger charge is -2.42. The van der Waals surface area contributed by atoms with Crippen LogP contribution in [0, 0.1) is 5.92 Å². The lowest BCUT2D eigenvalue weighted by molar-refractivity contribution is -0.139. The molecule has 2 N–H and O–H groups in total. The Balaban J connectivity index is 1.51. The van der Waals surface area contributed by atoms with Gasteiger partial charge in [0.1, 0.15) is 5.56 Å². The molecule has 0 saturated heterocycles. The van der Waals surface area contributed by atoms with Gasteiger partial charge in [0.15, 0.2) is 0 Å². The molecule has 0 aliphatic heterocycles. The second-order valence-electron chi connectivity index (χ2n) is 6.62. The van der Waals surface area contributed by atoms with Gasteiger partial charge in [0.05, 0.1) is 13.7 Å². The zero-order valence-electron chi connectivity index (χ0n) is 13.8. The van der Waals surface area contributed by atoms with Gasteiger partial charge in [-0.1, -0.05) is 0 Å². The zero-order valence-corrected chi connectivity index (χ0v) is 13.8. The first-order chi connectivity index (χ1) is 11.6. The monoisotopic (exact) mass is 333 g/mol. The number of pyridine rings is 1. The Morgan fingerprint density at radius 1 is 1.42 bits per heavy atom. The van der Waals surface area contributed by atoms with Crippen molar-refractivity contribution in [2.24, 2.45) is 5.92 Å². The number of aliphatic carboxylic acids is 1. The molecule has 1 aromatic heterocycles. The maximum Gasteiger partial charge on any atom is 0.317 e. The van der Waals surface area contributed by atoms with Gasteiger partial charge >= 0.3 is 5.97 Å². The minimum atomic E-state index is -0.789. The van der Waals surface area contributed by atoms with E-state index < -0.39 is 5.97 Å². The maximum atomic E-state index is 12.3. The molecular formula is C17H23N3O4. The fourth-order valence-corrected chi connectivity index (χ4v) is 3.14. The van der Waals surface area contributed by atoms with Crippen LogP contribution in [-0.4, -0.2) is 59.1 Å². The van der Waals surface area contributed by atoms with E-state index in [4.69, 9.17) is 9.84 Å². The summed E-state index contributed by atoms with van der Waals surface area (Å²) >= 11 is 0. The summed E-state index contributed by atoms with van der Waals surface area (Å²) in [6.07, 6.45) is 5.55. The molecule has 0 bridgehead atoms. The molecule has 0 radical (unpaired) electrons. The standard InChI is InChI=1S/C17H23N3O4/c1-24-17-14(3-2-6-18-17)16(23)19-12-7-13(8-12)20(10-15(21)22)9-11-4-5-11/h2-3,6,11-13H,4-5,7-10H2,1H3,(H,19,23)(H,21,22). The Morgan fingerprint density at radius 3 is 2.79 bits per heavy atom. The van der Waals surface area contributed by atoms with Crippen molar-refractivity contribution in [2.75, 3.05) is 20.2 Å². The summed E-state index contributed by atoms with van der Waals surface area (Å²) in [6, 6.07) is 3.69. The third kappa shape index (κ3) is 4.03. The van der Waals surface area contributed by atoms with Crippen LogP contribution in [0.2, 0.25) is 0 Å². The summed E-state index contributed by atoms with van der Waals surface area (Å²) < 4.78 is 5.11. The van der Waals surface area contributed by atoms with Crippen LogP contribution in [0.25, 0.3) is 0 Å². The molecule has 0 unspecified atom stereocenters. The summed E-state index contributed by atoms with van der Waals surface area (Å²) in [5.41, 5.74) is 0.420. The fourth-order valence-electron chi connectivity index (χ4n) is 3.14. The molecule has 7 nitrogen and oxygen atoms in total. The van der Waals surface area contributed by atoms with Crippen LogP contribution in [0.15, 0.2) is 18.3 Å². The van der Waals surface area contributed by atoms with Crippen LogP contribution in [0.5, 0.6) is 5.88 Å². The smallest absolute Gasteiger partial charge is 0.317 e. The van der Waals surface area contributed by atoms with Gasteiger partial charge in [-0.2, -0.15) is 0 Å². The average Bonchev–Trinajstić information content (AvgIpc) is 3.33. The van der Waals surface area contributed by atoms with Gasteiger partial charge in [-0.25, -0.2) is 4.98 Å². The van der Waals surface area contributed by atoms with E-state index in [1.165, 1.54) is 20.0 Å². The van der Waals surface area contributed by atoms with Crippen molar-refractivity contribution >= 4 is 11.9 Å². The number of carbonyl (C=O) groups excluding carboxylic acids is 1. The number of carboxylic acid groups (broad SMARTS) is 1. The second kappa shape index (κ2) is 7.17. The summed E-state index contributed by atoms with van der Waals surface area (Å²) in [4.78, 5) is 29.4. The van der Waals surface area contributed by atoms with Gasteiger partial charge in [0.2, 0.25) is 5.88 Å². The molecule has 0 atom stereocenters. The summed E-state index contributed by atoms with van der Waals surface area (Å²) in [6.45, 7) is 0.937. The molecule has 1 amide bonds. The van der Waals surface area contributed by atoms with Crippen LogP contribution in [-0.2, 0) is 4.79 Å². The van der Waals surface area contributed by atoms with Gasteiger partial charge in [0, 0.05) is 24.8 Å². The first kappa shape index (κ1) is 16.7. The Hall–Kier alpha value is -2.15. The molecular weight excluding hydrogens is 310 g/mol. The maximum absolute atomic E-state index is 12.3. The summed E-state index contributed by atoms with van der Waals surface area (Å²) in [5.74, 6) is -0.0247. The Kier molecular flexibility index (Phi) is 4.99. The highest BCUT2D eigenvalue weighted by Crippen LogP contribution is 2.33. The van der Waals surface area contributed by atoms with Gasteiger partial charge in [-0.05, 0) is 43.7 Å². The van der Waals surface area contributed by atoms with Gasteiger partial charge in [0.25, 0.3) is 5.91 Å². The molecule has 2 aliphatic carbocycles. The predicted octanol–water partition coefficient (Wildman–Crippen LogP) is 1.15. The SMILES string of the molecule is COc1ncccc1C(=O)NC1CC(N(CC(=O)O)CC2CC2)C1. The Labute approximate surface area is 141 Å². The van der Waals surface area contributed by atoms with Crippen molar-refractivity contribution in [1.29, 1.82) is 0 Å². The molecule has 24 heavy (non-hydrogen) atoms. The number of carboxylic acids is 1. The summed E-state index contributed by atoms with van der Waals surface area (Å²) in [7, 11) is 1.49. The van der Waals surface area contributed by atoms with E-state index in [0.717, 1.165) is 19.4 Å². The number of carbonyl (C=O) groups is 2. The van der Waals surface area contributed by atoms with Crippen molar-refractivity contribution in [1.82, 2.24) is 15.2 Å². The highest BCUT2D eigenvalue weighted by molar-refractivity contribution is 5.96. The molecule has 2 saturated carbocycles. The lowest BCUT2D eigenvalue weighted by atomic mass is 9.85. The van der Waals surface area contributed by atoms with E-state index in [2.05, 4.69) is 10.3 Å². The number of methoxy groups -OCH3 is 1. The molecule has 3 rings (SSSR count). The third-order valence-electron chi connectivity index (χ3n) is 4.70. The van der Waals surface area contributed by atoms with Gasteiger partial charge < -0.3 is 15.2 Å². The predicted molar refractivity (Wildman–Crippen MR) is 87.0 cm³/mol. The molecule has 2 aliphatic rings.